The van der Waals surface area contributed by atoms with Crippen molar-refractivity contribution in [1.82, 2.24) is 9.97 Å². The van der Waals surface area contributed by atoms with E-state index in [9.17, 15) is 4.79 Å². The number of aromatic nitrogens is 2. The topological polar surface area (TPSA) is 67.3 Å². The number of halogens is 1. The molecule has 2 heterocycles. The Hall–Kier alpha value is -3.12. The van der Waals surface area contributed by atoms with E-state index in [4.69, 9.17) is 16.3 Å². The van der Waals surface area contributed by atoms with Crippen molar-refractivity contribution in [3.05, 3.63) is 77.2 Å². The van der Waals surface area contributed by atoms with Gasteiger partial charge in [0.1, 0.15) is 11.6 Å². The summed E-state index contributed by atoms with van der Waals surface area (Å²) < 4.78 is 5.11. The molecule has 0 saturated heterocycles. The molecule has 3 rings (SSSR count). The summed E-state index contributed by atoms with van der Waals surface area (Å²) in [5, 5.41) is 3.24. The number of anilines is 2. The molecule has 1 amide bonds. The van der Waals surface area contributed by atoms with Crippen molar-refractivity contribution in [2.75, 3.05) is 30.9 Å². The molecule has 0 bridgehead atoms. The average Bonchev–Trinajstić information content (AvgIpc) is 2.73. The molecule has 0 atom stereocenters. The smallest absolute Gasteiger partial charge is 0.257 e. The molecule has 1 N–H and O–H groups in total. The zero-order valence-corrected chi connectivity index (χ0v) is 16.5. The molecule has 0 saturated carbocycles. The van der Waals surface area contributed by atoms with Gasteiger partial charge >= 0.3 is 0 Å². The zero-order chi connectivity index (χ0) is 19.9. The fourth-order valence-corrected chi connectivity index (χ4v) is 2.91. The lowest BCUT2D eigenvalue weighted by Crippen LogP contribution is -2.21. The first-order valence-electron chi connectivity index (χ1n) is 8.78. The summed E-state index contributed by atoms with van der Waals surface area (Å²) in [6.07, 6.45) is 6.04. The molecule has 7 heteroatoms. The van der Waals surface area contributed by atoms with Gasteiger partial charge in [-0.15, -0.1) is 0 Å². The van der Waals surface area contributed by atoms with Gasteiger partial charge in [-0.2, -0.15) is 0 Å². The van der Waals surface area contributed by atoms with Gasteiger partial charge in [-0.25, -0.2) is 4.98 Å². The number of pyridine rings is 2. The van der Waals surface area contributed by atoms with Crippen LogP contribution in [0.25, 0.3) is 0 Å². The highest BCUT2D eigenvalue weighted by molar-refractivity contribution is 6.32. The average molecular weight is 397 g/mol. The summed E-state index contributed by atoms with van der Waals surface area (Å²) in [4.78, 5) is 22.9. The van der Waals surface area contributed by atoms with Crippen molar-refractivity contribution in [2.45, 2.75) is 6.42 Å². The molecular weight excluding hydrogens is 376 g/mol. The van der Waals surface area contributed by atoms with Gasteiger partial charge in [-0.3, -0.25) is 9.78 Å². The molecule has 0 aliphatic rings. The van der Waals surface area contributed by atoms with Gasteiger partial charge in [0.05, 0.1) is 17.7 Å². The fourth-order valence-electron chi connectivity index (χ4n) is 2.65. The summed E-state index contributed by atoms with van der Waals surface area (Å²) in [6.45, 7) is 0.812. The van der Waals surface area contributed by atoms with E-state index >= 15 is 0 Å². The molecule has 0 aliphatic carbocycles. The highest BCUT2D eigenvalue weighted by Gasteiger charge is 2.10. The molecule has 1 aromatic carbocycles. The summed E-state index contributed by atoms with van der Waals surface area (Å²) in [6, 6.07) is 12.7. The van der Waals surface area contributed by atoms with Crippen LogP contribution in [0.2, 0.25) is 5.02 Å². The number of benzene rings is 1. The van der Waals surface area contributed by atoms with Crippen LogP contribution >= 0.6 is 11.6 Å². The number of ether oxygens (including phenoxy) is 1. The van der Waals surface area contributed by atoms with E-state index in [1.807, 2.05) is 30.1 Å². The molecule has 0 radical (unpaired) electrons. The minimum atomic E-state index is -0.250. The van der Waals surface area contributed by atoms with Crippen molar-refractivity contribution in [3.8, 4) is 5.75 Å². The van der Waals surface area contributed by atoms with Crippen LogP contribution < -0.4 is 15.0 Å². The van der Waals surface area contributed by atoms with E-state index in [1.54, 1.807) is 50.0 Å². The van der Waals surface area contributed by atoms with Crippen molar-refractivity contribution < 1.29 is 9.53 Å². The van der Waals surface area contributed by atoms with E-state index in [2.05, 4.69) is 15.3 Å². The molecule has 6 nitrogen and oxygen atoms in total. The highest BCUT2D eigenvalue weighted by Crippen LogP contribution is 2.27. The van der Waals surface area contributed by atoms with Gasteiger partial charge in [0.25, 0.3) is 5.91 Å². The van der Waals surface area contributed by atoms with Gasteiger partial charge in [-0.1, -0.05) is 11.6 Å². The van der Waals surface area contributed by atoms with Crippen LogP contribution in [0.3, 0.4) is 0 Å². The third kappa shape index (κ3) is 4.98. The van der Waals surface area contributed by atoms with Crippen LogP contribution in [0.15, 0.2) is 61.1 Å². The lowest BCUT2D eigenvalue weighted by Gasteiger charge is -2.18. The predicted octanol–water partition coefficient (Wildman–Crippen LogP) is 4.07. The summed E-state index contributed by atoms with van der Waals surface area (Å²) in [5.74, 6) is 1.11. The van der Waals surface area contributed by atoms with E-state index in [0.717, 1.165) is 18.8 Å². The van der Waals surface area contributed by atoms with Crippen LogP contribution in [0.5, 0.6) is 5.75 Å². The van der Waals surface area contributed by atoms with Gasteiger partial charge in [-0.05, 0) is 54.4 Å². The summed E-state index contributed by atoms with van der Waals surface area (Å²) in [7, 11) is 3.52. The van der Waals surface area contributed by atoms with Crippen molar-refractivity contribution in [2.24, 2.45) is 0 Å². The molecule has 0 spiro atoms. The van der Waals surface area contributed by atoms with Crippen LogP contribution in [0.4, 0.5) is 11.5 Å². The second-order valence-corrected chi connectivity index (χ2v) is 6.64. The van der Waals surface area contributed by atoms with Crippen LogP contribution in [0.1, 0.15) is 15.9 Å². The normalized spacial score (nSPS) is 10.4. The monoisotopic (exact) mass is 396 g/mol. The van der Waals surface area contributed by atoms with E-state index in [-0.39, 0.29) is 5.91 Å². The second kappa shape index (κ2) is 9.19. The first-order chi connectivity index (χ1) is 13.6. The van der Waals surface area contributed by atoms with Gasteiger partial charge in [0, 0.05) is 37.9 Å². The molecule has 2 aromatic heterocycles. The maximum Gasteiger partial charge on any atom is 0.257 e. The predicted molar refractivity (Wildman–Crippen MR) is 111 cm³/mol. The fraction of sp³-hybridized carbons (Fsp3) is 0.190. The number of hydrogen-bond donors (Lipinski definition) is 1. The number of rotatable bonds is 7. The Morgan fingerprint density at radius 2 is 1.96 bits per heavy atom. The number of carbonyl (C=O) groups is 1. The molecule has 0 fully saturated rings. The molecule has 3 aromatic rings. The summed E-state index contributed by atoms with van der Waals surface area (Å²) >= 11 is 6.09. The number of methoxy groups -OCH3 is 1. The third-order valence-corrected chi connectivity index (χ3v) is 4.59. The Balaban J connectivity index is 1.60. The lowest BCUT2D eigenvalue weighted by molar-refractivity contribution is 0.102. The van der Waals surface area contributed by atoms with Crippen molar-refractivity contribution in [3.63, 3.8) is 0 Å². The number of carbonyl (C=O) groups excluding carboxylic acids is 1. The van der Waals surface area contributed by atoms with Crippen LogP contribution in [-0.2, 0) is 6.42 Å². The largest absolute Gasteiger partial charge is 0.495 e. The minimum Gasteiger partial charge on any atom is -0.495 e. The molecule has 144 valence electrons. The van der Waals surface area contributed by atoms with Gasteiger partial charge in [0.2, 0.25) is 0 Å². The van der Waals surface area contributed by atoms with Crippen molar-refractivity contribution >= 4 is 29.0 Å². The molecule has 0 aliphatic heterocycles. The SMILES string of the molecule is COc1ccc(NC(=O)c2ccc(N(C)CCc3ccncc3)nc2)cc1Cl. The van der Waals surface area contributed by atoms with Crippen molar-refractivity contribution in [1.29, 1.82) is 0 Å². The Labute approximate surface area is 169 Å². The highest BCUT2D eigenvalue weighted by atomic mass is 35.5. The number of amides is 1. The zero-order valence-electron chi connectivity index (χ0n) is 15.7. The van der Waals surface area contributed by atoms with Crippen LogP contribution in [0, 0.1) is 0 Å². The number of likely N-dealkylation sites (N-methyl/N-ethyl adjacent to an activating group) is 1. The van der Waals surface area contributed by atoms with E-state index in [0.29, 0.717) is 22.0 Å². The lowest BCUT2D eigenvalue weighted by atomic mass is 10.2. The van der Waals surface area contributed by atoms with Crippen LogP contribution in [-0.4, -0.2) is 36.6 Å². The van der Waals surface area contributed by atoms with E-state index in [1.165, 1.54) is 5.56 Å². The number of nitrogens with zero attached hydrogens (tertiary/aromatic N) is 3. The number of nitrogens with one attached hydrogen (secondary N) is 1. The van der Waals surface area contributed by atoms with E-state index < -0.39 is 0 Å². The maximum absolute atomic E-state index is 12.4. The Morgan fingerprint density at radius 3 is 2.61 bits per heavy atom. The number of hydrogen-bond acceptors (Lipinski definition) is 5. The van der Waals surface area contributed by atoms with Gasteiger partial charge in [0.15, 0.2) is 0 Å². The Bertz CT molecular complexity index is 933. The minimum absolute atomic E-state index is 0.250. The summed E-state index contributed by atoms with van der Waals surface area (Å²) in [5.41, 5.74) is 2.28. The third-order valence-electron chi connectivity index (χ3n) is 4.30. The Morgan fingerprint density at radius 1 is 1.18 bits per heavy atom. The van der Waals surface area contributed by atoms with Gasteiger partial charge < -0.3 is 15.0 Å². The molecule has 0 unspecified atom stereocenters. The second-order valence-electron chi connectivity index (χ2n) is 6.24. The standard InChI is InChI=1S/C21H21ClN4O2/c1-26(12-9-15-7-10-23-11-8-15)20-6-3-16(14-24-20)21(27)25-17-4-5-19(28-2)18(22)13-17/h3-8,10-11,13-14H,9,12H2,1-2H3,(H,25,27). The first-order valence-corrected chi connectivity index (χ1v) is 9.15. The molecular formula is C21H21ClN4O2. The first kappa shape index (κ1) is 19.6. The quantitative estimate of drug-likeness (QED) is 0.652. The Kier molecular flexibility index (Phi) is 6.45. The maximum atomic E-state index is 12.4. The molecule has 28 heavy (non-hydrogen) atoms.